The summed E-state index contributed by atoms with van der Waals surface area (Å²) in [6.45, 7) is 6.03. The van der Waals surface area contributed by atoms with Gasteiger partial charge >= 0.3 is 5.97 Å². The Morgan fingerprint density at radius 2 is 1.48 bits per heavy atom. The molecule has 0 saturated heterocycles. The first-order valence-electron chi connectivity index (χ1n) is 7.02. The number of hydrogen-bond acceptors (Lipinski definition) is 2. The van der Waals surface area contributed by atoms with Gasteiger partial charge in [-0.05, 0) is 49.6 Å². The molecule has 0 spiro atoms. The third-order valence-corrected chi connectivity index (χ3v) is 3.64. The summed E-state index contributed by atoms with van der Waals surface area (Å²) < 4.78 is 5.42. The van der Waals surface area contributed by atoms with Gasteiger partial charge < -0.3 is 9.84 Å². The first kappa shape index (κ1) is 15.1. The molecule has 0 atom stereocenters. The lowest BCUT2D eigenvalue weighted by Gasteiger charge is -2.19. The van der Waals surface area contributed by atoms with Crippen LogP contribution in [0.3, 0.4) is 0 Å². The van der Waals surface area contributed by atoms with Crippen molar-refractivity contribution in [2.45, 2.75) is 26.2 Å². The first-order valence-corrected chi connectivity index (χ1v) is 7.02. The van der Waals surface area contributed by atoms with Crippen LogP contribution in [0.4, 0.5) is 0 Å². The zero-order valence-electron chi connectivity index (χ0n) is 12.6. The average molecular weight is 284 g/mol. The predicted octanol–water partition coefficient (Wildman–Crippen LogP) is 4.11. The molecule has 0 aliphatic heterocycles. The van der Waals surface area contributed by atoms with E-state index in [1.807, 2.05) is 55.5 Å². The van der Waals surface area contributed by atoms with Crippen molar-refractivity contribution >= 4 is 5.97 Å². The van der Waals surface area contributed by atoms with E-state index in [9.17, 15) is 9.90 Å². The molecule has 0 aromatic heterocycles. The fraction of sp³-hybridized carbons (Fsp3) is 0.278. The molecule has 0 fully saturated rings. The summed E-state index contributed by atoms with van der Waals surface area (Å²) in [6, 6.07) is 15.5. The van der Waals surface area contributed by atoms with Gasteiger partial charge in [0.05, 0.1) is 12.0 Å². The van der Waals surface area contributed by atoms with Gasteiger partial charge in [0.2, 0.25) is 0 Å². The van der Waals surface area contributed by atoms with Crippen LogP contribution in [0.5, 0.6) is 5.75 Å². The number of ether oxygens (including phenoxy) is 1. The summed E-state index contributed by atoms with van der Waals surface area (Å²) in [6.07, 6.45) is 0. The standard InChI is InChI=1S/C18H20O3/c1-4-21-16-11-7-14(8-12-16)13-5-9-15(10-6-13)18(2,3)17(19)20/h5-12H,4H2,1-3H3,(H,19,20). The molecule has 0 bridgehead atoms. The summed E-state index contributed by atoms with van der Waals surface area (Å²) >= 11 is 0. The second-order valence-corrected chi connectivity index (χ2v) is 5.46. The van der Waals surface area contributed by atoms with Crippen LogP contribution in [0, 0.1) is 0 Å². The molecule has 0 heterocycles. The summed E-state index contributed by atoms with van der Waals surface area (Å²) in [5, 5.41) is 9.25. The minimum Gasteiger partial charge on any atom is -0.494 e. The van der Waals surface area contributed by atoms with Crippen molar-refractivity contribution < 1.29 is 14.6 Å². The van der Waals surface area contributed by atoms with Gasteiger partial charge in [0.1, 0.15) is 5.75 Å². The molecule has 0 amide bonds. The number of rotatable bonds is 5. The van der Waals surface area contributed by atoms with Crippen molar-refractivity contribution in [2.75, 3.05) is 6.61 Å². The first-order chi connectivity index (χ1) is 9.95. The molecule has 1 N–H and O–H groups in total. The highest BCUT2D eigenvalue weighted by molar-refractivity contribution is 5.80. The van der Waals surface area contributed by atoms with Crippen molar-refractivity contribution in [3.8, 4) is 16.9 Å². The SMILES string of the molecule is CCOc1ccc(-c2ccc(C(C)(C)C(=O)O)cc2)cc1. The Hall–Kier alpha value is -2.29. The molecule has 3 heteroatoms. The smallest absolute Gasteiger partial charge is 0.313 e. The summed E-state index contributed by atoms with van der Waals surface area (Å²) in [5.74, 6) is 0.0289. The number of carboxylic acids is 1. The minimum atomic E-state index is -0.878. The quantitative estimate of drug-likeness (QED) is 0.898. The molecule has 0 aliphatic rings. The van der Waals surface area contributed by atoms with Crippen molar-refractivity contribution in [3.05, 3.63) is 54.1 Å². The van der Waals surface area contributed by atoms with Gasteiger partial charge in [-0.15, -0.1) is 0 Å². The van der Waals surface area contributed by atoms with Gasteiger partial charge in [-0.25, -0.2) is 0 Å². The van der Waals surface area contributed by atoms with Crippen molar-refractivity contribution in [1.29, 1.82) is 0 Å². The van der Waals surface area contributed by atoms with Gasteiger partial charge in [0, 0.05) is 0 Å². The fourth-order valence-electron chi connectivity index (χ4n) is 2.11. The van der Waals surface area contributed by atoms with E-state index in [2.05, 4.69) is 0 Å². The average Bonchev–Trinajstić information content (AvgIpc) is 2.48. The van der Waals surface area contributed by atoms with E-state index in [4.69, 9.17) is 4.74 Å². The van der Waals surface area contributed by atoms with Crippen LogP contribution >= 0.6 is 0 Å². The lowest BCUT2D eigenvalue weighted by Crippen LogP contribution is -2.28. The minimum absolute atomic E-state index is 0.651. The Bertz CT molecular complexity index is 610. The number of benzene rings is 2. The van der Waals surface area contributed by atoms with Gasteiger partial charge in [0.25, 0.3) is 0 Å². The van der Waals surface area contributed by atoms with Crippen molar-refractivity contribution in [2.24, 2.45) is 0 Å². The second-order valence-electron chi connectivity index (χ2n) is 5.46. The van der Waals surface area contributed by atoms with Gasteiger partial charge in [0.15, 0.2) is 0 Å². The lowest BCUT2D eigenvalue weighted by molar-refractivity contribution is -0.142. The number of hydrogen-bond donors (Lipinski definition) is 1. The summed E-state index contributed by atoms with van der Waals surface area (Å²) in [7, 11) is 0. The van der Waals surface area contributed by atoms with E-state index >= 15 is 0 Å². The monoisotopic (exact) mass is 284 g/mol. The Labute approximate surface area is 125 Å². The zero-order chi connectivity index (χ0) is 15.5. The fourth-order valence-corrected chi connectivity index (χ4v) is 2.11. The van der Waals surface area contributed by atoms with Crippen LogP contribution in [-0.2, 0) is 10.2 Å². The van der Waals surface area contributed by atoms with Gasteiger partial charge in [-0.1, -0.05) is 36.4 Å². The van der Waals surface area contributed by atoms with E-state index in [1.54, 1.807) is 13.8 Å². The largest absolute Gasteiger partial charge is 0.494 e. The van der Waals surface area contributed by atoms with Crippen LogP contribution in [0.2, 0.25) is 0 Å². The highest BCUT2D eigenvalue weighted by Gasteiger charge is 2.29. The molecule has 3 nitrogen and oxygen atoms in total. The molecule has 110 valence electrons. The Kier molecular flexibility index (Phi) is 4.32. The lowest BCUT2D eigenvalue weighted by atomic mass is 9.84. The van der Waals surface area contributed by atoms with Crippen LogP contribution in [0.1, 0.15) is 26.3 Å². The van der Waals surface area contributed by atoms with E-state index in [-0.39, 0.29) is 0 Å². The summed E-state index contributed by atoms with van der Waals surface area (Å²) in [5.41, 5.74) is 2.06. The van der Waals surface area contributed by atoms with Gasteiger partial charge in [-0.2, -0.15) is 0 Å². The van der Waals surface area contributed by atoms with E-state index in [0.717, 1.165) is 22.4 Å². The Balaban J connectivity index is 2.24. The van der Waals surface area contributed by atoms with Crippen LogP contribution < -0.4 is 4.74 Å². The maximum atomic E-state index is 11.3. The van der Waals surface area contributed by atoms with Gasteiger partial charge in [-0.3, -0.25) is 4.79 Å². The van der Waals surface area contributed by atoms with Crippen LogP contribution in [0.15, 0.2) is 48.5 Å². The van der Waals surface area contributed by atoms with E-state index in [0.29, 0.717) is 6.61 Å². The van der Waals surface area contributed by atoms with E-state index < -0.39 is 11.4 Å². The molecule has 21 heavy (non-hydrogen) atoms. The highest BCUT2D eigenvalue weighted by atomic mass is 16.5. The van der Waals surface area contributed by atoms with Crippen LogP contribution in [0.25, 0.3) is 11.1 Å². The highest BCUT2D eigenvalue weighted by Crippen LogP contribution is 2.27. The topological polar surface area (TPSA) is 46.5 Å². The molecule has 0 aliphatic carbocycles. The molecule has 2 aromatic rings. The van der Waals surface area contributed by atoms with Crippen molar-refractivity contribution in [1.82, 2.24) is 0 Å². The molecule has 2 rings (SSSR count). The van der Waals surface area contributed by atoms with Crippen molar-refractivity contribution in [3.63, 3.8) is 0 Å². The molecule has 0 saturated carbocycles. The maximum absolute atomic E-state index is 11.3. The number of carbonyl (C=O) groups is 1. The third kappa shape index (κ3) is 3.24. The molecule has 0 unspecified atom stereocenters. The number of carboxylic acid groups (broad SMARTS) is 1. The molecular weight excluding hydrogens is 264 g/mol. The molecule has 0 radical (unpaired) electrons. The van der Waals surface area contributed by atoms with E-state index in [1.165, 1.54) is 0 Å². The second kappa shape index (κ2) is 6.00. The normalized spacial score (nSPS) is 11.2. The number of aliphatic carboxylic acids is 1. The Morgan fingerprint density at radius 1 is 1.00 bits per heavy atom. The summed E-state index contributed by atoms with van der Waals surface area (Å²) in [4.78, 5) is 11.3. The zero-order valence-corrected chi connectivity index (χ0v) is 12.6. The van der Waals surface area contributed by atoms with Crippen LogP contribution in [-0.4, -0.2) is 17.7 Å². The predicted molar refractivity (Wildman–Crippen MR) is 83.7 cm³/mol. The molecule has 2 aromatic carbocycles. The maximum Gasteiger partial charge on any atom is 0.313 e. The Morgan fingerprint density at radius 3 is 1.90 bits per heavy atom. The third-order valence-electron chi connectivity index (χ3n) is 3.64. The molecular formula is C18H20O3.